The third-order valence-corrected chi connectivity index (χ3v) is 5.11. The summed E-state index contributed by atoms with van der Waals surface area (Å²) < 4.78 is 0. The summed E-state index contributed by atoms with van der Waals surface area (Å²) in [4.78, 5) is 39.6. The number of carbonyl (C=O) groups excluding carboxylic acids is 3. The molecule has 3 amide bonds. The van der Waals surface area contributed by atoms with Gasteiger partial charge < -0.3 is 15.5 Å². The Hall–Kier alpha value is -3.93. The molecule has 0 saturated carbocycles. The zero-order valence-corrected chi connectivity index (χ0v) is 18.2. The van der Waals surface area contributed by atoms with E-state index >= 15 is 0 Å². The molecule has 0 aliphatic carbocycles. The summed E-state index contributed by atoms with van der Waals surface area (Å²) in [5.41, 5.74) is 3.23. The Kier molecular flexibility index (Phi) is 7.75. The Balaban J connectivity index is 1.69. The van der Waals surface area contributed by atoms with Crippen molar-refractivity contribution in [2.24, 2.45) is 0 Å². The smallest absolute Gasteiger partial charge is 0.251 e. The van der Waals surface area contributed by atoms with Gasteiger partial charge >= 0.3 is 0 Å². The quantitative estimate of drug-likeness (QED) is 0.578. The molecule has 2 N–H and O–H groups in total. The van der Waals surface area contributed by atoms with Gasteiger partial charge in [0.2, 0.25) is 11.8 Å². The molecule has 1 unspecified atom stereocenters. The average Bonchev–Trinajstić information content (AvgIpc) is 2.83. The van der Waals surface area contributed by atoms with E-state index in [1.54, 1.807) is 31.3 Å². The van der Waals surface area contributed by atoms with E-state index in [0.29, 0.717) is 12.0 Å². The number of nitrogens with zero attached hydrogens (tertiary/aromatic N) is 1. The minimum atomic E-state index is -0.773. The molecule has 0 heterocycles. The van der Waals surface area contributed by atoms with E-state index in [4.69, 9.17) is 0 Å². The molecule has 1 atom stereocenters. The summed E-state index contributed by atoms with van der Waals surface area (Å²) in [6.07, 6.45) is 0.342. The maximum atomic E-state index is 13.3. The van der Waals surface area contributed by atoms with E-state index in [0.717, 1.165) is 16.8 Å². The van der Waals surface area contributed by atoms with Gasteiger partial charge in [-0.05, 0) is 36.8 Å². The Bertz CT molecular complexity index is 1050. The first-order valence-electron chi connectivity index (χ1n) is 10.4. The van der Waals surface area contributed by atoms with Crippen LogP contribution in [0.1, 0.15) is 21.5 Å². The van der Waals surface area contributed by atoms with E-state index < -0.39 is 11.9 Å². The van der Waals surface area contributed by atoms with Crippen molar-refractivity contribution in [3.63, 3.8) is 0 Å². The SMILES string of the molecule is Cc1ccc(N(C)C(=O)C(Cc2ccccc2)NC(=O)CNC(=O)c2ccccc2)cc1. The van der Waals surface area contributed by atoms with Gasteiger partial charge in [0.25, 0.3) is 5.91 Å². The maximum Gasteiger partial charge on any atom is 0.251 e. The van der Waals surface area contributed by atoms with Gasteiger partial charge in [-0.15, -0.1) is 0 Å². The first-order chi connectivity index (χ1) is 15.4. The molecule has 32 heavy (non-hydrogen) atoms. The molecule has 0 fully saturated rings. The zero-order chi connectivity index (χ0) is 22.9. The summed E-state index contributed by atoms with van der Waals surface area (Å²) in [5.74, 6) is -1.01. The van der Waals surface area contributed by atoms with Crippen LogP contribution in [0.5, 0.6) is 0 Å². The standard InChI is InChI=1S/C26H27N3O3/c1-19-13-15-22(16-14-19)29(2)26(32)23(17-20-9-5-3-6-10-20)28-24(30)18-27-25(31)21-11-7-4-8-12-21/h3-16,23H,17-18H2,1-2H3,(H,27,31)(H,28,30). The lowest BCUT2D eigenvalue weighted by Crippen LogP contribution is -2.51. The van der Waals surface area contributed by atoms with Crippen LogP contribution in [0.25, 0.3) is 0 Å². The Morgan fingerprint density at radius 3 is 2.06 bits per heavy atom. The predicted octanol–water partition coefficient (Wildman–Crippen LogP) is 3.12. The number of nitrogens with one attached hydrogen (secondary N) is 2. The molecule has 0 aliphatic heterocycles. The maximum absolute atomic E-state index is 13.3. The molecule has 0 saturated heterocycles. The summed E-state index contributed by atoms with van der Waals surface area (Å²) in [7, 11) is 1.69. The third-order valence-electron chi connectivity index (χ3n) is 5.11. The molecule has 164 valence electrons. The van der Waals surface area contributed by atoms with E-state index in [9.17, 15) is 14.4 Å². The van der Waals surface area contributed by atoms with Crippen molar-refractivity contribution in [2.75, 3.05) is 18.5 Å². The number of likely N-dealkylation sites (N-methyl/N-ethyl adjacent to an activating group) is 1. The Morgan fingerprint density at radius 1 is 0.844 bits per heavy atom. The topological polar surface area (TPSA) is 78.5 Å². The lowest BCUT2D eigenvalue weighted by molar-refractivity contribution is -0.126. The highest BCUT2D eigenvalue weighted by molar-refractivity contribution is 6.00. The van der Waals surface area contributed by atoms with Gasteiger partial charge in [-0.25, -0.2) is 0 Å². The summed E-state index contributed by atoms with van der Waals surface area (Å²) in [6.45, 7) is 1.76. The van der Waals surface area contributed by atoms with Gasteiger partial charge in [0.05, 0.1) is 6.54 Å². The number of aryl methyl sites for hydroxylation is 1. The van der Waals surface area contributed by atoms with Crippen molar-refractivity contribution >= 4 is 23.4 Å². The van der Waals surface area contributed by atoms with E-state index in [1.807, 2.05) is 67.6 Å². The van der Waals surface area contributed by atoms with Crippen molar-refractivity contribution in [2.45, 2.75) is 19.4 Å². The number of anilines is 1. The van der Waals surface area contributed by atoms with Crippen molar-refractivity contribution in [3.05, 3.63) is 102 Å². The number of rotatable bonds is 8. The van der Waals surface area contributed by atoms with Crippen molar-refractivity contribution in [1.29, 1.82) is 0 Å². The van der Waals surface area contributed by atoms with Crippen LogP contribution in [0.3, 0.4) is 0 Å². The van der Waals surface area contributed by atoms with Crippen molar-refractivity contribution in [1.82, 2.24) is 10.6 Å². The molecular formula is C26H27N3O3. The Labute approximate surface area is 188 Å². The van der Waals surface area contributed by atoms with Crippen LogP contribution < -0.4 is 15.5 Å². The minimum Gasteiger partial charge on any atom is -0.343 e. The molecular weight excluding hydrogens is 402 g/mol. The molecule has 0 spiro atoms. The van der Waals surface area contributed by atoms with E-state index in [1.165, 1.54) is 4.90 Å². The number of amides is 3. The van der Waals surface area contributed by atoms with Crippen LogP contribution in [-0.4, -0.2) is 37.4 Å². The van der Waals surface area contributed by atoms with Gasteiger partial charge in [-0.3, -0.25) is 14.4 Å². The van der Waals surface area contributed by atoms with Crippen molar-refractivity contribution in [3.8, 4) is 0 Å². The van der Waals surface area contributed by atoms with Gasteiger partial charge in [0.1, 0.15) is 6.04 Å². The largest absolute Gasteiger partial charge is 0.343 e. The molecule has 3 aromatic carbocycles. The van der Waals surface area contributed by atoms with E-state index in [-0.39, 0.29) is 18.4 Å². The van der Waals surface area contributed by atoms with Gasteiger partial charge in [0.15, 0.2) is 0 Å². The highest BCUT2D eigenvalue weighted by atomic mass is 16.2. The van der Waals surface area contributed by atoms with Gasteiger partial charge in [-0.2, -0.15) is 0 Å². The summed E-state index contributed by atoms with van der Waals surface area (Å²) in [5, 5.41) is 5.39. The van der Waals surface area contributed by atoms with Crippen LogP contribution in [0.15, 0.2) is 84.9 Å². The monoisotopic (exact) mass is 429 g/mol. The number of hydrogen-bond acceptors (Lipinski definition) is 3. The lowest BCUT2D eigenvalue weighted by atomic mass is 10.0. The second-order valence-electron chi connectivity index (χ2n) is 7.59. The molecule has 3 aromatic rings. The molecule has 3 rings (SSSR count). The molecule has 6 heteroatoms. The highest BCUT2D eigenvalue weighted by Crippen LogP contribution is 2.16. The van der Waals surface area contributed by atoms with Crippen LogP contribution in [-0.2, 0) is 16.0 Å². The summed E-state index contributed by atoms with van der Waals surface area (Å²) in [6, 6.07) is 25.0. The first kappa shape index (κ1) is 22.7. The number of hydrogen-bond donors (Lipinski definition) is 2. The molecule has 0 radical (unpaired) electrons. The molecule has 6 nitrogen and oxygen atoms in total. The number of carbonyl (C=O) groups is 3. The fourth-order valence-electron chi connectivity index (χ4n) is 3.28. The van der Waals surface area contributed by atoms with Crippen LogP contribution in [0.4, 0.5) is 5.69 Å². The van der Waals surface area contributed by atoms with Crippen LogP contribution >= 0.6 is 0 Å². The van der Waals surface area contributed by atoms with Crippen LogP contribution in [0.2, 0.25) is 0 Å². The molecule has 0 aromatic heterocycles. The van der Waals surface area contributed by atoms with Gasteiger partial charge in [0, 0.05) is 24.7 Å². The highest BCUT2D eigenvalue weighted by Gasteiger charge is 2.25. The van der Waals surface area contributed by atoms with Gasteiger partial charge in [-0.1, -0.05) is 66.2 Å². The van der Waals surface area contributed by atoms with Crippen LogP contribution in [0, 0.1) is 6.92 Å². The van der Waals surface area contributed by atoms with Crippen molar-refractivity contribution < 1.29 is 14.4 Å². The Morgan fingerprint density at radius 2 is 1.44 bits per heavy atom. The second-order valence-corrected chi connectivity index (χ2v) is 7.59. The normalized spacial score (nSPS) is 11.3. The minimum absolute atomic E-state index is 0.222. The summed E-state index contributed by atoms with van der Waals surface area (Å²) >= 11 is 0. The lowest BCUT2D eigenvalue weighted by Gasteiger charge is -2.25. The first-order valence-corrected chi connectivity index (χ1v) is 10.4. The fourth-order valence-corrected chi connectivity index (χ4v) is 3.28. The average molecular weight is 430 g/mol. The number of benzene rings is 3. The zero-order valence-electron chi connectivity index (χ0n) is 18.2. The predicted molar refractivity (Wildman–Crippen MR) is 125 cm³/mol. The molecule has 0 bridgehead atoms. The fraction of sp³-hybridized carbons (Fsp3) is 0.192. The van der Waals surface area contributed by atoms with E-state index in [2.05, 4.69) is 10.6 Å². The second kappa shape index (κ2) is 10.9. The third kappa shape index (κ3) is 6.28. The molecule has 0 aliphatic rings.